The third kappa shape index (κ3) is 10.7. The number of benzene rings is 2. The molecule has 35 heavy (non-hydrogen) atoms. The fourth-order valence-corrected chi connectivity index (χ4v) is 3.52. The van der Waals surface area contributed by atoms with E-state index in [1.54, 1.807) is 42.5 Å². The molecule has 3 N–H and O–H groups in total. The minimum Gasteiger partial charge on any atom is -0.494 e. The maximum absolute atomic E-state index is 12.8. The minimum absolute atomic E-state index is 0.0384. The Morgan fingerprint density at radius 3 is 2.37 bits per heavy atom. The van der Waals surface area contributed by atoms with Crippen molar-refractivity contribution < 1.29 is 19.1 Å². The van der Waals surface area contributed by atoms with Gasteiger partial charge in [0.05, 0.1) is 18.8 Å². The summed E-state index contributed by atoms with van der Waals surface area (Å²) >= 11 is 8.54. The second-order valence-electron chi connectivity index (χ2n) is 8.47. The Hall–Kier alpha value is -2.65. The Bertz CT molecular complexity index is 983. The zero-order valence-electron chi connectivity index (χ0n) is 20.5. The molecule has 2 rings (SSSR count). The average Bonchev–Trinajstić information content (AvgIpc) is 2.83. The van der Waals surface area contributed by atoms with E-state index in [2.05, 4.69) is 52.9 Å². The zero-order chi connectivity index (χ0) is 25.6. The van der Waals surface area contributed by atoms with Gasteiger partial charge in [0.1, 0.15) is 11.5 Å². The van der Waals surface area contributed by atoms with Crippen LogP contribution in [-0.2, 0) is 0 Å². The molecule has 0 bridgehead atoms. The molecule has 2 aromatic carbocycles. The lowest BCUT2D eigenvalue weighted by Crippen LogP contribution is -2.48. The van der Waals surface area contributed by atoms with E-state index < -0.39 is 11.8 Å². The molecule has 0 radical (unpaired) electrons. The number of carbonyl (C=O) groups is 2. The van der Waals surface area contributed by atoms with Gasteiger partial charge in [-0.2, -0.15) is 0 Å². The predicted molar refractivity (Wildman–Crippen MR) is 146 cm³/mol. The number of amides is 2. The van der Waals surface area contributed by atoms with Gasteiger partial charge in [-0.05, 0) is 73.4 Å². The highest BCUT2D eigenvalue weighted by molar-refractivity contribution is 9.10. The molecule has 190 valence electrons. The van der Waals surface area contributed by atoms with Crippen molar-refractivity contribution in [1.29, 1.82) is 0 Å². The predicted octanol–water partition coefficient (Wildman–Crippen LogP) is 5.78. The van der Waals surface area contributed by atoms with E-state index >= 15 is 0 Å². The van der Waals surface area contributed by atoms with E-state index in [1.165, 1.54) is 12.8 Å². The van der Waals surface area contributed by atoms with E-state index in [0.29, 0.717) is 41.8 Å². The van der Waals surface area contributed by atoms with Crippen LogP contribution in [0.2, 0.25) is 0 Å². The van der Waals surface area contributed by atoms with Gasteiger partial charge < -0.3 is 9.47 Å². The lowest BCUT2D eigenvalue weighted by atomic mass is 10.1. The molecule has 0 aliphatic rings. The Kier molecular flexibility index (Phi) is 12.6. The number of nitrogens with one attached hydrogen (secondary N) is 3. The van der Waals surface area contributed by atoms with Crippen molar-refractivity contribution in [2.45, 2.75) is 52.9 Å². The second-order valence-corrected chi connectivity index (χ2v) is 9.79. The molecule has 0 fully saturated rings. The summed E-state index contributed by atoms with van der Waals surface area (Å²) in [5.74, 6) is 0.830. The third-order valence-corrected chi connectivity index (χ3v) is 5.74. The number of rotatable bonds is 12. The first-order valence-electron chi connectivity index (χ1n) is 11.9. The van der Waals surface area contributed by atoms with Crippen molar-refractivity contribution in [3.63, 3.8) is 0 Å². The summed E-state index contributed by atoms with van der Waals surface area (Å²) in [5, 5.41) is 2.52. The molecule has 0 atom stereocenters. The molecule has 9 heteroatoms. The van der Waals surface area contributed by atoms with E-state index in [-0.39, 0.29) is 5.11 Å². The summed E-state index contributed by atoms with van der Waals surface area (Å²) in [6.07, 6.45) is 5.41. The van der Waals surface area contributed by atoms with Crippen molar-refractivity contribution in [2.24, 2.45) is 5.92 Å². The summed E-state index contributed by atoms with van der Waals surface area (Å²) in [6.45, 7) is 7.54. The fourth-order valence-electron chi connectivity index (χ4n) is 3.02. The van der Waals surface area contributed by atoms with Crippen LogP contribution in [-0.4, -0.2) is 30.1 Å². The largest absolute Gasteiger partial charge is 0.494 e. The maximum Gasteiger partial charge on any atom is 0.269 e. The van der Waals surface area contributed by atoms with Crippen LogP contribution in [0, 0.1) is 5.92 Å². The van der Waals surface area contributed by atoms with Gasteiger partial charge in [-0.1, -0.05) is 56.0 Å². The Morgan fingerprint density at radius 1 is 0.943 bits per heavy atom. The first-order valence-corrected chi connectivity index (χ1v) is 13.1. The van der Waals surface area contributed by atoms with Crippen molar-refractivity contribution in [1.82, 2.24) is 16.2 Å². The SMILES string of the molecule is CCCCCCOc1ccc(C(=O)NNC(=S)NC(=O)c2cc(Br)ccc2OCCC(C)C)cc1. The molecular weight excluding hydrogens is 530 g/mol. The summed E-state index contributed by atoms with van der Waals surface area (Å²) in [6, 6.07) is 12.0. The van der Waals surface area contributed by atoms with E-state index in [1.807, 2.05) is 0 Å². The Labute approximate surface area is 221 Å². The summed E-state index contributed by atoms with van der Waals surface area (Å²) in [7, 11) is 0. The second kappa shape index (κ2) is 15.4. The van der Waals surface area contributed by atoms with Crippen molar-refractivity contribution in [3.8, 4) is 11.5 Å². The van der Waals surface area contributed by atoms with Crippen LogP contribution >= 0.6 is 28.1 Å². The Balaban J connectivity index is 1.83. The Morgan fingerprint density at radius 2 is 1.69 bits per heavy atom. The molecular formula is C26H34BrN3O4S. The first-order chi connectivity index (χ1) is 16.8. The van der Waals surface area contributed by atoms with Crippen LogP contribution in [0.5, 0.6) is 11.5 Å². The van der Waals surface area contributed by atoms with Crippen LogP contribution in [0.4, 0.5) is 0 Å². The van der Waals surface area contributed by atoms with Gasteiger partial charge in [-0.3, -0.25) is 25.8 Å². The van der Waals surface area contributed by atoms with Gasteiger partial charge in [0.2, 0.25) is 0 Å². The highest BCUT2D eigenvalue weighted by Gasteiger charge is 2.16. The molecule has 0 aliphatic carbocycles. The fraction of sp³-hybridized carbons (Fsp3) is 0.423. The van der Waals surface area contributed by atoms with Crippen molar-refractivity contribution in [3.05, 3.63) is 58.1 Å². The molecule has 0 aliphatic heterocycles. The molecule has 2 amide bonds. The van der Waals surface area contributed by atoms with Gasteiger partial charge in [0, 0.05) is 10.0 Å². The lowest BCUT2D eigenvalue weighted by Gasteiger charge is -2.14. The lowest BCUT2D eigenvalue weighted by molar-refractivity contribution is 0.0933. The van der Waals surface area contributed by atoms with E-state index in [9.17, 15) is 9.59 Å². The highest BCUT2D eigenvalue weighted by atomic mass is 79.9. The molecule has 0 aromatic heterocycles. The normalized spacial score (nSPS) is 10.5. The van der Waals surface area contributed by atoms with Crippen molar-refractivity contribution >= 4 is 45.1 Å². The minimum atomic E-state index is -0.446. The molecule has 0 saturated heterocycles. The number of hydrogen-bond donors (Lipinski definition) is 3. The smallest absolute Gasteiger partial charge is 0.269 e. The van der Waals surface area contributed by atoms with Gasteiger partial charge in [0.25, 0.3) is 11.8 Å². The molecule has 7 nitrogen and oxygen atoms in total. The molecule has 0 saturated carbocycles. The topological polar surface area (TPSA) is 88.7 Å². The molecule has 2 aromatic rings. The number of ether oxygens (including phenoxy) is 2. The van der Waals surface area contributed by atoms with Crippen LogP contribution < -0.4 is 25.6 Å². The van der Waals surface area contributed by atoms with Crippen molar-refractivity contribution in [2.75, 3.05) is 13.2 Å². The van der Waals surface area contributed by atoms with Crippen LogP contribution in [0.3, 0.4) is 0 Å². The van der Waals surface area contributed by atoms with E-state index in [4.69, 9.17) is 21.7 Å². The maximum atomic E-state index is 12.8. The van der Waals surface area contributed by atoms with Crippen LogP contribution in [0.15, 0.2) is 46.9 Å². The van der Waals surface area contributed by atoms with Crippen LogP contribution in [0.1, 0.15) is 73.6 Å². The number of hydrazine groups is 1. The summed E-state index contributed by atoms with van der Waals surface area (Å²) in [4.78, 5) is 25.2. The molecule has 0 heterocycles. The highest BCUT2D eigenvalue weighted by Crippen LogP contribution is 2.24. The summed E-state index contributed by atoms with van der Waals surface area (Å²) < 4.78 is 12.2. The summed E-state index contributed by atoms with van der Waals surface area (Å²) in [5.41, 5.74) is 5.81. The third-order valence-electron chi connectivity index (χ3n) is 5.04. The molecule has 0 spiro atoms. The number of carbonyl (C=O) groups excluding carboxylic acids is 2. The quantitative estimate of drug-likeness (QED) is 0.172. The average molecular weight is 565 g/mol. The van der Waals surface area contributed by atoms with Gasteiger partial charge in [-0.15, -0.1) is 0 Å². The van der Waals surface area contributed by atoms with Gasteiger partial charge >= 0.3 is 0 Å². The van der Waals surface area contributed by atoms with Crippen LogP contribution in [0.25, 0.3) is 0 Å². The van der Waals surface area contributed by atoms with Gasteiger partial charge in [0.15, 0.2) is 5.11 Å². The number of halogens is 1. The number of hydrogen-bond acceptors (Lipinski definition) is 5. The van der Waals surface area contributed by atoms with E-state index in [0.717, 1.165) is 23.7 Å². The monoisotopic (exact) mass is 563 g/mol. The van der Waals surface area contributed by atoms with Gasteiger partial charge in [-0.25, -0.2) is 0 Å². The standard InChI is InChI=1S/C26H34BrN3O4S/c1-4-5-6-7-15-33-21-11-8-19(9-12-21)24(31)29-30-26(35)28-25(32)22-17-20(27)10-13-23(22)34-16-14-18(2)3/h8-13,17-18H,4-7,14-16H2,1-3H3,(H,29,31)(H2,28,30,32,35). The zero-order valence-corrected chi connectivity index (χ0v) is 22.9. The number of thiocarbonyl (C=S) groups is 1. The number of unbranched alkanes of at least 4 members (excludes halogenated alkanes) is 3. The first kappa shape index (κ1) is 28.6. The molecule has 0 unspecified atom stereocenters.